The molecule has 3 fully saturated rings. The van der Waals surface area contributed by atoms with Crippen LogP contribution >= 0.6 is 0 Å². The molecule has 1 unspecified atom stereocenters. The van der Waals surface area contributed by atoms with Gasteiger partial charge in [-0.1, -0.05) is 6.08 Å². The van der Waals surface area contributed by atoms with Crippen molar-refractivity contribution in [2.75, 3.05) is 20.8 Å². The molecule has 1 aromatic carbocycles. The molecule has 290 valence electrons. The SMILES string of the molecule is C=C[C@@H]1C[C@]1(NC(=O)[C@@H]1C[C@@H](Oc2nccc3cc(OC)ccc23)CN1C(=O)C(NC(=O)OC(C)(C)C(F)(F)F)[C@H](C)OC)C(=O)NS(=O)(=O)C1CC1. The van der Waals surface area contributed by atoms with Crippen molar-refractivity contribution in [2.45, 2.75) is 93.3 Å². The number of methoxy groups -OCH3 is 2. The maximum atomic E-state index is 14.3. The number of nitrogens with one attached hydrogen (secondary N) is 3. The third kappa shape index (κ3) is 8.30. The van der Waals surface area contributed by atoms with Crippen LogP contribution in [0.4, 0.5) is 18.0 Å². The molecule has 2 heterocycles. The number of benzene rings is 1. The normalized spacial score (nSPS) is 24.1. The number of rotatable bonds is 14. The Morgan fingerprint density at radius 3 is 2.42 bits per heavy atom. The molecule has 6 atom stereocenters. The van der Waals surface area contributed by atoms with Crippen LogP contribution in [0, 0.1) is 5.92 Å². The largest absolute Gasteiger partial charge is 0.497 e. The van der Waals surface area contributed by atoms with Crippen LogP contribution in [0.3, 0.4) is 0 Å². The van der Waals surface area contributed by atoms with Crippen LogP contribution in [0.5, 0.6) is 11.6 Å². The number of hydrogen-bond donors (Lipinski definition) is 3. The van der Waals surface area contributed by atoms with Gasteiger partial charge in [-0.2, -0.15) is 13.2 Å². The van der Waals surface area contributed by atoms with E-state index in [2.05, 4.69) is 31.7 Å². The number of carbonyl (C=O) groups excluding carboxylic acids is 4. The highest BCUT2D eigenvalue weighted by Crippen LogP contribution is 2.45. The van der Waals surface area contributed by atoms with Crippen molar-refractivity contribution >= 4 is 44.6 Å². The number of amides is 4. The van der Waals surface area contributed by atoms with E-state index in [0.29, 0.717) is 43.2 Å². The standard InChI is InChI=1S/C34H42F3N5O10S/c1-7-20-16-33(20,30(45)41-53(47,48)23-9-10-23)40-27(43)25-15-22(51-28-24-11-8-21(50-6)14-19(24)12-13-38-28)17-42(25)29(44)26(18(2)49-5)39-31(46)52-32(3,4)34(35,36)37/h7-8,11-14,18,20,22-23,25-26H,1,9-10,15-17H2,2-6H3,(H,39,46)(H,40,43)(H,41,45)/t18-,20+,22+,25-,26?,33+/m0/s1. The first-order valence-electron chi connectivity index (χ1n) is 16.8. The zero-order valence-electron chi connectivity index (χ0n) is 29.7. The zero-order chi connectivity index (χ0) is 39.1. The Labute approximate surface area is 304 Å². The Morgan fingerprint density at radius 2 is 1.83 bits per heavy atom. The monoisotopic (exact) mass is 769 g/mol. The molecule has 3 aliphatic rings. The smallest absolute Gasteiger partial charge is 0.427 e. The molecule has 2 aliphatic carbocycles. The van der Waals surface area contributed by atoms with Crippen molar-refractivity contribution in [3.05, 3.63) is 43.1 Å². The number of fused-ring (bicyclic) bond motifs is 1. The summed E-state index contributed by atoms with van der Waals surface area (Å²) in [5.41, 5.74) is -4.60. The summed E-state index contributed by atoms with van der Waals surface area (Å²) in [5.74, 6) is -2.64. The minimum absolute atomic E-state index is 0.0317. The molecular weight excluding hydrogens is 727 g/mol. The highest BCUT2D eigenvalue weighted by molar-refractivity contribution is 7.91. The first-order valence-corrected chi connectivity index (χ1v) is 18.3. The topological polar surface area (TPSA) is 192 Å². The molecule has 1 aliphatic heterocycles. The van der Waals surface area contributed by atoms with Gasteiger partial charge < -0.3 is 34.5 Å². The maximum absolute atomic E-state index is 14.3. The van der Waals surface area contributed by atoms with Crippen molar-refractivity contribution in [2.24, 2.45) is 5.92 Å². The van der Waals surface area contributed by atoms with Crippen molar-refractivity contribution in [3.8, 4) is 11.6 Å². The predicted octanol–water partition coefficient (Wildman–Crippen LogP) is 2.73. The van der Waals surface area contributed by atoms with Crippen LogP contribution in [0.1, 0.15) is 46.5 Å². The first-order chi connectivity index (χ1) is 24.8. The summed E-state index contributed by atoms with van der Waals surface area (Å²) in [6.07, 6.45) is -5.00. The molecule has 5 rings (SSSR count). The molecule has 0 bridgehead atoms. The minimum Gasteiger partial charge on any atom is -0.497 e. The lowest BCUT2D eigenvalue weighted by molar-refractivity contribution is -0.244. The van der Waals surface area contributed by atoms with Gasteiger partial charge in [0.2, 0.25) is 33.3 Å². The second-order valence-corrected chi connectivity index (χ2v) is 15.8. The van der Waals surface area contributed by atoms with Gasteiger partial charge in [-0.25, -0.2) is 18.2 Å². The van der Waals surface area contributed by atoms with E-state index in [9.17, 15) is 40.8 Å². The highest BCUT2D eigenvalue weighted by Gasteiger charge is 2.62. The van der Waals surface area contributed by atoms with Crippen molar-refractivity contribution in [1.82, 2.24) is 25.2 Å². The van der Waals surface area contributed by atoms with Gasteiger partial charge in [0.05, 0.1) is 25.0 Å². The summed E-state index contributed by atoms with van der Waals surface area (Å²) >= 11 is 0. The Bertz CT molecular complexity index is 1890. The number of nitrogens with zero attached hydrogens (tertiary/aromatic N) is 2. The second-order valence-electron chi connectivity index (χ2n) is 13.8. The van der Waals surface area contributed by atoms with E-state index >= 15 is 0 Å². The molecule has 0 spiro atoms. The van der Waals surface area contributed by atoms with Crippen LogP contribution in [0.15, 0.2) is 43.1 Å². The number of sulfonamides is 1. The molecule has 15 nitrogen and oxygen atoms in total. The molecule has 19 heteroatoms. The maximum Gasteiger partial charge on any atom is 0.427 e. The Balaban J connectivity index is 1.44. The molecule has 4 amide bonds. The van der Waals surface area contributed by atoms with Crippen molar-refractivity contribution in [1.29, 1.82) is 0 Å². The molecule has 2 saturated carbocycles. The second kappa shape index (κ2) is 14.6. The van der Waals surface area contributed by atoms with Crippen molar-refractivity contribution in [3.63, 3.8) is 0 Å². The molecule has 53 heavy (non-hydrogen) atoms. The minimum atomic E-state index is -4.94. The highest BCUT2D eigenvalue weighted by atomic mass is 32.2. The molecular formula is C34H42F3N5O10S. The molecule has 1 aromatic heterocycles. The van der Waals surface area contributed by atoms with E-state index in [1.165, 1.54) is 33.4 Å². The first kappa shape index (κ1) is 39.6. The third-order valence-corrected chi connectivity index (χ3v) is 11.5. The molecule has 3 N–H and O–H groups in total. The molecule has 0 radical (unpaired) electrons. The number of pyridine rings is 1. The summed E-state index contributed by atoms with van der Waals surface area (Å²) < 4.78 is 89.3. The lowest BCUT2D eigenvalue weighted by Gasteiger charge is -2.33. The van der Waals surface area contributed by atoms with Gasteiger partial charge in [0.25, 0.3) is 5.91 Å². The number of ether oxygens (including phenoxy) is 4. The van der Waals surface area contributed by atoms with E-state index in [4.69, 9.17) is 14.2 Å². The van der Waals surface area contributed by atoms with Gasteiger partial charge in [-0.3, -0.25) is 19.1 Å². The van der Waals surface area contributed by atoms with Crippen LogP contribution < -0.4 is 24.8 Å². The average Bonchev–Trinajstić information content (AvgIpc) is 4.02. The van der Waals surface area contributed by atoms with Crippen LogP contribution in [0.25, 0.3) is 10.8 Å². The number of aromatic nitrogens is 1. The fraction of sp³-hybridized carbons (Fsp3) is 0.559. The summed E-state index contributed by atoms with van der Waals surface area (Å²) in [5, 5.41) is 5.37. The van der Waals surface area contributed by atoms with E-state index in [1.54, 1.807) is 24.3 Å². The fourth-order valence-electron chi connectivity index (χ4n) is 6.04. The summed E-state index contributed by atoms with van der Waals surface area (Å²) in [6.45, 7) is 6.07. The van der Waals surface area contributed by atoms with E-state index < -0.39 is 86.6 Å². The quantitative estimate of drug-likeness (QED) is 0.240. The Kier molecular flexibility index (Phi) is 10.9. The summed E-state index contributed by atoms with van der Waals surface area (Å²) in [4.78, 5) is 59.9. The molecule has 1 saturated heterocycles. The third-order valence-electron chi connectivity index (χ3n) is 9.72. The Morgan fingerprint density at radius 1 is 1.13 bits per heavy atom. The van der Waals surface area contributed by atoms with Gasteiger partial charge in [-0.05, 0) is 69.7 Å². The van der Waals surface area contributed by atoms with E-state index in [0.717, 1.165) is 4.90 Å². The Hall–Kier alpha value is -4.65. The fourth-order valence-corrected chi connectivity index (χ4v) is 7.41. The van der Waals surface area contributed by atoms with Gasteiger partial charge in [0, 0.05) is 31.0 Å². The molecule has 2 aromatic rings. The van der Waals surface area contributed by atoms with Gasteiger partial charge in [-0.15, -0.1) is 6.58 Å². The van der Waals surface area contributed by atoms with Crippen molar-refractivity contribution < 1.29 is 59.7 Å². The van der Waals surface area contributed by atoms with Gasteiger partial charge >= 0.3 is 12.3 Å². The number of alkyl carbamates (subject to hydrolysis) is 1. The van der Waals surface area contributed by atoms with Gasteiger partial charge in [0.1, 0.15) is 29.5 Å². The number of alkyl halides is 3. The number of likely N-dealkylation sites (tertiary alicyclic amines) is 1. The number of carbonyl (C=O) groups is 4. The lowest BCUT2D eigenvalue weighted by atomic mass is 10.1. The van der Waals surface area contributed by atoms with Crippen LogP contribution in [-0.2, 0) is 33.9 Å². The number of hydrogen-bond acceptors (Lipinski definition) is 11. The van der Waals surface area contributed by atoms with E-state index in [1.807, 2.05) is 0 Å². The predicted molar refractivity (Wildman–Crippen MR) is 182 cm³/mol. The van der Waals surface area contributed by atoms with Crippen LogP contribution in [0.2, 0.25) is 0 Å². The number of halogens is 3. The summed E-state index contributed by atoms with van der Waals surface area (Å²) in [7, 11) is -1.27. The summed E-state index contributed by atoms with van der Waals surface area (Å²) in [6, 6.07) is 3.86. The van der Waals surface area contributed by atoms with Crippen LogP contribution in [-0.4, -0.2) is 110 Å². The zero-order valence-corrected chi connectivity index (χ0v) is 30.5. The average molecular weight is 770 g/mol. The lowest BCUT2D eigenvalue weighted by Crippen LogP contribution is -2.60. The van der Waals surface area contributed by atoms with E-state index in [-0.39, 0.29) is 25.3 Å². The van der Waals surface area contributed by atoms with Gasteiger partial charge in [0.15, 0.2) is 0 Å².